The van der Waals surface area contributed by atoms with Gasteiger partial charge in [-0.3, -0.25) is 10.2 Å². The molecule has 0 aliphatic carbocycles. The SMILES string of the molecule is COc1c(C)c(C)cc(C)c1C(C)C(=O)NN(C)C. The van der Waals surface area contributed by atoms with Gasteiger partial charge in [0.1, 0.15) is 5.75 Å². The summed E-state index contributed by atoms with van der Waals surface area (Å²) in [5.74, 6) is 0.533. The predicted octanol–water partition coefficient (Wildman–Crippen LogP) is 2.32. The zero-order valence-corrected chi connectivity index (χ0v) is 12.9. The second-order valence-electron chi connectivity index (χ2n) is 5.17. The molecule has 1 atom stereocenters. The van der Waals surface area contributed by atoms with Gasteiger partial charge in [0.25, 0.3) is 0 Å². The van der Waals surface area contributed by atoms with Gasteiger partial charge >= 0.3 is 0 Å². The molecule has 0 radical (unpaired) electrons. The van der Waals surface area contributed by atoms with Gasteiger partial charge in [0.2, 0.25) is 5.91 Å². The molecule has 0 spiro atoms. The molecule has 0 heterocycles. The Morgan fingerprint density at radius 3 is 2.32 bits per heavy atom. The fourth-order valence-electron chi connectivity index (χ4n) is 2.32. The lowest BCUT2D eigenvalue weighted by Crippen LogP contribution is -2.38. The Hall–Kier alpha value is -1.55. The van der Waals surface area contributed by atoms with Crippen molar-refractivity contribution in [2.45, 2.75) is 33.6 Å². The molecule has 19 heavy (non-hydrogen) atoms. The normalized spacial score (nSPS) is 12.4. The maximum Gasteiger partial charge on any atom is 0.241 e. The Morgan fingerprint density at radius 2 is 1.84 bits per heavy atom. The summed E-state index contributed by atoms with van der Waals surface area (Å²) in [6, 6.07) is 2.10. The molecule has 106 valence electrons. The van der Waals surface area contributed by atoms with Crippen molar-refractivity contribution in [1.29, 1.82) is 0 Å². The van der Waals surface area contributed by atoms with E-state index in [1.807, 2.05) is 20.8 Å². The lowest BCUT2D eigenvalue weighted by molar-refractivity contribution is -0.126. The highest BCUT2D eigenvalue weighted by atomic mass is 16.5. The minimum Gasteiger partial charge on any atom is -0.496 e. The monoisotopic (exact) mass is 264 g/mol. The molecule has 4 heteroatoms. The number of hydrogen-bond acceptors (Lipinski definition) is 3. The second kappa shape index (κ2) is 6.06. The molecule has 4 nitrogen and oxygen atoms in total. The van der Waals surface area contributed by atoms with Crippen LogP contribution in [0.15, 0.2) is 6.07 Å². The lowest BCUT2D eigenvalue weighted by atomic mass is 9.90. The largest absolute Gasteiger partial charge is 0.496 e. The molecule has 0 aromatic heterocycles. The molecular weight excluding hydrogens is 240 g/mol. The van der Waals surface area contributed by atoms with Crippen molar-refractivity contribution in [3.63, 3.8) is 0 Å². The predicted molar refractivity (Wildman–Crippen MR) is 77.4 cm³/mol. The average Bonchev–Trinajstić information content (AvgIpc) is 2.31. The first-order valence-corrected chi connectivity index (χ1v) is 6.42. The first-order valence-electron chi connectivity index (χ1n) is 6.42. The fraction of sp³-hybridized carbons (Fsp3) is 0.533. The molecule has 0 fully saturated rings. The molecule has 0 saturated carbocycles. The van der Waals surface area contributed by atoms with Gasteiger partial charge in [-0.1, -0.05) is 6.07 Å². The summed E-state index contributed by atoms with van der Waals surface area (Å²) in [4.78, 5) is 12.2. The maximum atomic E-state index is 12.2. The number of aryl methyl sites for hydroxylation is 2. The van der Waals surface area contributed by atoms with Crippen molar-refractivity contribution in [3.05, 3.63) is 28.3 Å². The first kappa shape index (κ1) is 15.5. The molecule has 1 aromatic carbocycles. The Labute approximate surface area is 115 Å². The van der Waals surface area contributed by atoms with E-state index in [1.165, 1.54) is 5.56 Å². The number of nitrogens with zero attached hydrogens (tertiary/aromatic N) is 1. The van der Waals surface area contributed by atoms with E-state index in [0.29, 0.717) is 0 Å². The van der Waals surface area contributed by atoms with Gasteiger partial charge in [-0.25, -0.2) is 5.01 Å². The summed E-state index contributed by atoms with van der Waals surface area (Å²) < 4.78 is 5.52. The average molecular weight is 264 g/mol. The minimum absolute atomic E-state index is 0.0327. The molecule has 0 aliphatic heterocycles. The van der Waals surface area contributed by atoms with Gasteiger partial charge in [-0.05, 0) is 44.4 Å². The summed E-state index contributed by atoms with van der Waals surface area (Å²) >= 11 is 0. The number of hydrogen-bond donors (Lipinski definition) is 1. The van der Waals surface area contributed by atoms with Crippen molar-refractivity contribution >= 4 is 5.91 Å². The summed E-state index contributed by atoms with van der Waals surface area (Å²) in [5.41, 5.74) is 7.11. The van der Waals surface area contributed by atoms with E-state index in [-0.39, 0.29) is 11.8 Å². The Bertz CT molecular complexity index is 482. The lowest BCUT2D eigenvalue weighted by Gasteiger charge is -2.22. The van der Waals surface area contributed by atoms with E-state index in [1.54, 1.807) is 26.2 Å². The van der Waals surface area contributed by atoms with Crippen LogP contribution in [-0.2, 0) is 4.79 Å². The van der Waals surface area contributed by atoms with Crippen molar-refractivity contribution in [2.75, 3.05) is 21.2 Å². The highest BCUT2D eigenvalue weighted by Gasteiger charge is 2.23. The van der Waals surface area contributed by atoms with E-state index >= 15 is 0 Å². The molecule has 0 saturated heterocycles. The number of carbonyl (C=O) groups excluding carboxylic acids is 1. The number of ether oxygens (including phenoxy) is 1. The van der Waals surface area contributed by atoms with Crippen LogP contribution < -0.4 is 10.2 Å². The highest BCUT2D eigenvalue weighted by Crippen LogP contribution is 2.34. The number of nitrogens with one attached hydrogen (secondary N) is 1. The number of methoxy groups -OCH3 is 1. The molecule has 1 unspecified atom stereocenters. The van der Waals surface area contributed by atoms with Gasteiger partial charge in [0.15, 0.2) is 0 Å². The molecule has 0 bridgehead atoms. The standard InChI is InChI=1S/C15H24N2O2/c1-9-8-10(2)13(14(19-7)11(9)3)12(4)15(18)16-17(5)6/h8,12H,1-7H3,(H,16,18). The number of carbonyl (C=O) groups is 1. The van der Waals surface area contributed by atoms with Gasteiger partial charge in [0.05, 0.1) is 13.0 Å². The van der Waals surface area contributed by atoms with Gasteiger partial charge in [0, 0.05) is 19.7 Å². The highest BCUT2D eigenvalue weighted by molar-refractivity contribution is 5.84. The van der Waals surface area contributed by atoms with Gasteiger partial charge in [-0.2, -0.15) is 0 Å². The van der Waals surface area contributed by atoms with Crippen LogP contribution in [0, 0.1) is 20.8 Å². The van der Waals surface area contributed by atoms with Crippen molar-refractivity contribution in [3.8, 4) is 5.75 Å². The molecule has 1 rings (SSSR count). The van der Waals surface area contributed by atoms with E-state index < -0.39 is 0 Å². The van der Waals surface area contributed by atoms with Crippen LogP contribution in [0.5, 0.6) is 5.75 Å². The summed E-state index contributed by atoms with van der Waals surface area (Å²) in [7, 11) is 5.26. The third-order valence-corrected chi connectivity index (χ3v) is 3.40. The van der Waals surface area contributed by atoms with E-state index in [9.17, 15) is 4.79 Å². The third-order valence-electron chi connectivity index (χ3n) is 3.40. The zero-order valence-electron chi connectivity index (χ0n) is 12.9. The van der Waals surface area contributed by atoms with E-state index in [2.05, 4.69) is 18.4 Å². The van der Waals surface area contributed by atoms with Crippen LogP contribution in [-0.4, -0.2) is 32.1 Å². The van der Waals surface area contributed by atoms with Gasteiger partial charge in [-0.15, -0.1) is 0 Å². The Balaban J connectivity index is 3.26. The zero-order chi connectivity index (χ0) is 14.7. The molecular formula is C15H24N2O2. The van der Waals surface area contributed by atoms with Crippen molar-refractivity contribution < 1.29 is 9.53 Å². The number of hydrazine groups is 1. The summed E-state index contributed by atoms with van der Waals surface area (Å²) in [5, 5.41) is 1.65. The maximum absolute atomic E-state index is 12.2. The summed E-state index contributed by atoms with van der Waals surface area (Å²) in [6.07, 6.45) is 0. The molecule has 0 aliphatic rings. The van der Waals surface area contributed by atoms with Crippen LogP contribution in [0.2, 0.25) is 0 Å². The fourth-order valence-corrected chi connectivity index (χ4v) is 2.32. The molecule has 1 amide bonds. The van der Waals surface area contributed by atoms with E-state index in [4.69, 9.17) is 4.74 Å². The minimum atomic E-state index is -0.253. The smallest absolute Gasteiger partial charge is 0.241 e. The van der Waals surface area contributed by atoms with Crippen LogP contribution in [0.3, 0.4) is 0 Å². The Morgan fingerprint density at radius 1 is 1.26 bits per heavy atom. The molecule has 1 N–H and O–H groups in total. The number of rotatable bonds is 4. The molecule has 1 aromatic rings. The topological polar surface area (TPSA) is 41.6 Å². The summed E-state index contributed by atoms with van der Waals surface area (Å²) in [6.45, 7) is 8.00. The van der Waals surface area contributed by atoms with Crippen LogP contribution in [0.1, 0.15) is 35.1 Å². The second-order valence-corrected chi connectivity index (χ2v) is 5.17. The van der Waals surface area contributed by atoms with Crippen LogP contribution in [0.4, 0.5) is 0 Å². The number of amides is 1. The number of benzene rings is 1. The first-order chi connectivity index (χ1) is 8.79. The van der Waals surface area contributed by atoms with Gasteiger partial charge < -0.3 is 4.74 Å². The third kappa shape index (κ3) is 3.26. The van der Waals surface area contributed by atoms with Crippen molar-refractivity contribution in [1.82, 2.24) is 10.4 Å². The Kier molecular flexibility index (Phi) is 4.95. The quantitative estimate of drug-likeness (QED) is 0.849. The van der Waals surface area contributed by atoms with E-state index in [0.717, 1.165) is 22.4 Å². The van der Waals surface area contributed by atoms with Crippen molar-refractivity contribution in [2.24, 2.45) is 0 Å². The van der Waals surface area contributed by atoms with Crippen LogP contribution in [0.25, 0.3) is 0 Å². The van der Waals surface area contributed by atoms with Crippen LogP contribution >= 0.6 is 0 Å².